The third-order valence-electron chi connectivity index (χ3n) is 8.35. The van der Waals surface area contributed by atoms with E-state index < -0.39 is 5.67 Å². The Morgan fingerprint density at radius 1 is 0.571 bits per heavy atom. The predicted octanol–water partition coefficient (Wildman–Crippen LogP) is 5.29. The van der Waals surface area contributed by atoms with E-state index in [0.717, 1.165) is 48.9 Å². The van der Waals surface area contributed by atoms with E-state index in [1.54, 1.807) is 0 Å². The van der Waals surface area contributed by atoms with Crippen LogP contribution in [0.25, 0.3) is 0 Å². The van der Waals surface area contributed by atoms with Gasteiger partial charge in [0.15, 0.2) is 0 Å². The molecule has 0 heterocycles. The van der Waals surface area contributed by atoms with Crippen LogP contribution in [0.3, 0.4) is 0 Å². The third-order valence-corrected chi connectivity index (χ3v) is 8.35. The number of rotatable bonds is 0. The van der Waals surface area contributed by atoms with Gasteiger partial charge in [-0.3, -0.25) is 0 Å². The van der Waals surface area contributed by atoms with E-state index >= 15 is 0 Å². The maximum absolute atomic E-state index is 15.0. The molecule has 0 nitrogen and oxygen atoms in total. The van der Waals surface area contributed by atoms with Gasteiger partial charge in [-0.15, -0.1) is 0 Å². The number of allylic oxidation sites excluding steroid dienone is 2. The molecule has 0 N–H and O–H groups in total. The molecular weight excluding hydrogens is 259 g/mol. The van der Waals surface area contributed by atoms with Crippen LogP contribution in [0.15, 0.2) is 11.1 Å². The maximum Gasteiger partial charge on any atom is 0.112 e. The summed E-state index contributed by atoms with van der Waals surface area (Å²) >= 11 is 0. The zero-order valence-corrected chi connectivity index (χ0v) is 13.0. The Morgan fingerprint density at radius 3 is 1.57 bits per heavy atom. The minimum atomic E-state index is -0.757. The monoisotopic (exact) mass is 286 g/mol. The van der Waals surface area contributed by atoms with Gasteiger partial charge in [0.25, 0.3) is 0 Å². The summed E-state index contributed by atoms with van der Waals surface area (Å²) in [5.74, 6) is 6.03. The summed E-state index contributed by atoms with van der Waals surface area (Å²) in [7, 11) is 0. The van der Waals surface area contributed by atoms with Crippen LogP contribution in [0.2, 0.25) is 0 Å². The van der Waals surface area contributed by atoms with Crippen LogP contribution in [-0.2, 0) is 0 Å². The largest absolute Gasteiger partial charge is 0.244 e. The van der Waals surface area contributed by atoms with Crippen molar-refractivity contribution >= 4 is 0 Å². The molecule has 114 valence electrons. The van der Waals surface area contributed by atoms with Crippen LogP contribution in [0, 0.1) is 41.4 Å². The summed E-state index contributed by atoms with van der Waals surface area (Å²) in [5, 5.41) is 0. The standard InChI is InChI=1S/C20H27F/c21-20-8-13-6-16(9-20)19(17(7-13)10-20)18-14-2-11-1-12(4-14)5-15(18)3-11/h11-17H,1-10H2/t11?,12?,13?,14?,15?,16-,17+,20?. The van der Waals surface area contributed by atoms with Crippen LogP contribution in [0.5, 0.6) is 0 Å². The molecule has 0 amide bonds. The number of hydrogen-bond acceptors (Lipinski definition) is 0. The van der Waals surface area contributed by atoms with E-state index in [-0.39, 0.29) is 0 Å². The van der Waals surface area contributed by atoms with Crippen molar-refractivity contribution in [2.24, 2.45) is 41.4 Å². The first kappa shape index (κ1) is 12.1. The summed E-state index contributed by atoms with van der Waals surface area (Å²) in [5.41, 5.74) is 3.03. The Kier molecular flexibility index (Phi) is 2.18. The van der Waals surface area contributed by atoms with Gasteiger partial charge >= 0.3 is 0 Å². The smallest absolute Gasteiger partial charge is 0.112 e. The molecule has 0 aromatic rings. The molecule has 21 heavy (non-hydrogen) atoms. The van der Waals surface area contributed by atoms with Crippen molar-refractivity contribution in [1.82, 2.24) is 0 Å². The minimum absolute atomic E-state index is 0.661. The minimum Gasteiger partial charge on any atom is -0.244 e. The van der Waals surface area contributed by atoms with Crippen LogP contribution in [0.1, 0.15) is 64.2 Å². The van der Waals surface area contributed by atoms with Gasteiger partial charge in [-0.05, 0) is 106 Å². The topological polar surface area (TPSA) is 0 Å². The molecule has 8 saturated carbocycles. The van der Waals surface area contributed by atoms with Crippen molar-refractivity contribution in [3.63, 3.8) is 0 Å². The summed E-state index contributed by atoms with van der Waals surface area (Å²) in [6.45, 7) is 0. The average molecular weight is 286 g/mol. The highest BCUT2D eigenvalue weighted by Crippen LogP contribution is 2.64. The first-order chi connectivity index (χ1) is 10.2. The quantitative estimate of drug-likeness (QED) is 0.531. The second-order valence-corrected chi connectivity index (χ2v) is 9.71. The average Bonchev–Trinajstić information content (AvgIpc) is 2.38. The van der Waals surface area contributed by atoms with E-state index in [1.807, 2.05) is 11.1 Å². The van der Waals surface area contributed by atoms with Crippen LogP contribution in [-0.4, -0.2) is 5.67 Å². The first-order valence-electron chi connectivity index (χ1n) is 9.59. The van der Waals surface area contributed by atoms with Gasteiger partial charge in [0.1, 0.15) is 5.67 Å². The lowest BCUT2D eigenvalue weighted by Crippen LogP contribution is -2.51. The summed E-state index contributed by atoms with van der Waals surface area (Å²) in [6, 6.07) is 0. The molecule has 0 aromatic carbocycles. The molecule has 8 fully saturated rings. The van der Waals surface area contributed by atoms with Gasteiger partial charge in [0.05, 0.1) is 0 Å². The summed E-state index contributed by atoms with van der Waals surface area (Å²) in [6.07, 6.45) is 12.9. The molecule has 8 aliphatic rings. The molecule has 0 aliphatic heterocycles. The highest BCUT2D eigenvalue weighted by molar-refractivity contribution is 5.34. The third kappa shape index (κ3) is 1.56. The lowest BCUT2D eigenvalue weighted by molar-refractivity contribution is -0.0451. The van der Waals surface area contributed by atoms with Crippen LogP contribution < -0.4 is 0 Å². The summed E-state index contributed by atoms with van der Waals surface area (Å²) < 4.78 is 15.0. The number of alkyl halides is 1. The second kappa shape index (κ2) is 3.77. The molecule has 0 aromatic heterocycles. The van der Waals surface area contributed by atoms with Gasteiger partial charge in [-0.1, -0.05) is 11.1 Å². The fourth-order valence-electron chi connectivity index (χ4n) is 8.33. The van der Waals surface area contributed by atoms with Crippen molar-refractivity contribution in [1.29, 1.82) is 0 Å². The van der Waals surface area contributed by atoms with E-state index in [0.29, 0.717) is 11.8 Å². The van der Waals surface area contributed by atoms with Crippen molar-refractivity contribution in [2.75, 3.05) is 0 Å². The Morgan fingerprint density at radius 2 is 1.05 bits per heavy atom. The Labute approximate surface area is 127 Å². The van der Waals surface area contributed by atoms with Crippen molar-refractivity contribution in [2.45, 2.75) is 69.9 Å². The Balaban J connectivity index is 1.45. The maximum atomic E-state index is 15.0. The zero-order chi connectivity index (χ0) is 13.8. The molecule has 4 atom stereocenters. The highest BCUT2D eigenvalue weighted by Gasteiger charge is 2.56. The molecule has 0 spiro atoms. The van der Waals surface area contributed by atoms with E-state index in [1.165, 1.54) is 44.9 Å². The van der Waals surface area contributed by atoms with E-state index in [9.17, 15) is 4.39 Å². The number of hydrogen-bond donors (Lipinski definition) is 0. The number of halogens is 1. The SMILES string of the molecule is FC12CC3C[C@H](C1)C(=C1C4CC5CC(C4)CC1C5)[C@@H](C3)C2. The Hall–Kier alpha value is -0.330. The molecule has 8 aliphatic carbocycles. The van der Waals surface area contributed by atoms with Crippen molar-refractivity contribution < 1.29 is 4.39 Å². The molecule has 8 rings (SSSR count). The van der Waals surface area contributed by atoms with Gasteiger partial charge in [0.2, 0.25) is 0 Å². The lowest BCUT2D eigenvalue weighted by Gasteiger charge is -2.59. The van der Waals surface area contributed by atoms with Crippen LogP contribution >= 0.6 is 0 Å². The lowest BCUT2D eigenvalue weighted by atomic mass is 9.47. The molecule has 8 bridgehead atoms. The highest BCUT2D eigenvalue weighted by atomic mass is 19.1. The fourth-order valence-corrected chi connectivity index (χ4v) is 8.33. The Bertz CT molecular complexity index is 482. The predicted molar refractivity (Wildman–Crippen MR) is 81.5 cm³/mol. The van der Waals surface area contributed by atoms with E-state index in [2.05, 4.69) is 0 Å². The molecular formula is C20H27F. The van der Waals surface area contributed by atoms with Crippen molar-refractivity contribution in [3.8, 4) is 0 Å². The van der Waals surface area contributed by atoms with Gasteiger partial charge in [0, 0.05) is 0 Å². The van der Waals surface area contributed by atoms with Gasteiger partial charge < -0.3 is 0 Å². The van der Waals surface area contributed by atoms with Gasteiger partial charge in [-0.2, -0.15) is 0 Å². The van der Waals surface area contributed by atoms with Crippen molar-refractivity contribution in [3.05, 3.63) is 11.1 Å². The first-order valence-corrected chi connectivity index (χ1v) is 9.59. The molecule has 0 radical (unpaired) electrons. The zero-order valence-electron chi connectivity index (χ0n) is 13.0. The van der Waals surface area contributed by atoms with E-state index in [4.69, 9.17) is 0 Å². The summed E-state index contributed by atoms with van der Waals surface area (Å²) in [4.78, 5) is 0. The fraction of sp³-hybridized carbons (Fsp3) is 0.900. The van der Waals surface area contributed by atoms with Crippen LogP contribution in [0.4, 0.5) is 4.39 Å². The normalized spacial score (nSPS) is 60.1. The second-order valence-electron chi connectivity index (χ2n) is 9.71. The molecule has 2 unspecified atom stereocenters. The molecule has 0 saturated heterocycles. The molecule has 1 heteroatoms. The van der Waals surface area contributed by atoms with Gasteiger partial charge in [-0.25, -0.2) is 4.39 Å².